The zero-order valence-corrected chi connectivity index (χ0v) is 14.5. The molecule has 24 heavy (non-hydrogen) atoms. The van der Waals surface area contributed by atoms with Crippen LogP contribution < -0.4 is 10.6 Å². The number of carbonyl (C=O) groups is 1. The normalized spacial score (nSPS) is 11.6. The van der Waals surface area contributed by atoms with Gasteiger partial charge in [-0.1, -0.05) is 12.1 Å². The van der Waals surface area contributed by atoms with Gasteiger partial charge in [0.15, 0.2) is 0 Å². The molecule has 0 radical (unpaired) electrons. The van der Waals surface area contributed by atoms with Gasteiger partial charge in [-0.2, -0.15) is 0 Å². The molecule has 1 unspecified atom stereocenters. The third-order valence-electron chi connectivity index (χ3n) is 3.48. The summed E-state index contributed by atoms with van der Waals surface area (Å²) in [6, 6.07) is 5.59. The van der Waals surface area contributed by atoms with Crippen molar-refractivity contribution in [1.29, 1.82) is 0 Å². The van der Waals surface area contributed by atoms with Crippen LogP contribution in [0.1, 0.15) is 23.9 Å². The minimum Gasteiger partial charge on any atom is -0.354 e. The summed E-state index contributed by atoms with van der Waals surface area (Å²) in [6.07, 6.45) is 1.14. The standard InChI is InChI=1S/C15H21FN6O.ClH/c1-11-19-20-21-22(11)14(15(23)18-8-4-7-17-2)10-12-5-3-6-13(16)9-12;/h3,5-6,9,14,17H,4,7-8,10H2,1-2H3,(H,18,23);1H. The van der Waals surface area contributed by atoms with E-state index in [1.807, 2.05) is 7.05 Å². The predicted octanol–water partition coefficient (Wildman–Crippen LogP) is 1.05. The molecular formula is C15H22ClFN6O. The van der Waals surface area contributed by atoms with Crippen LogP contribution in [0, 0.1) is 12.7 Å². The van der Waals surface area contributed by atoms with E-state index in [2.05, 4.69) is 26.2 Å². The van der Waals surface area contributed by atoms with E-state index in [1.54, 1.807) is 19.1 Å². The van der Waals surface area contributed by atoms with Crippen molar-refractivity contribution in [2.75, 3.05) is 20.1 Å². The molecule has 2 rings (SSSR count). The van der Waals surface area contributed by atoms with Crippen molar-refractivity contribution < 1.29 is 9.18 Å². The maximum atomic E-state index is 13.4. The van der Waals surface area contributed by atoms with E-state index in [0.717, 1.165) is 18.5 Å². The molecule has 0 fully saturated rings. The topological polar surface area (TPSA) is 84.7 Å². The Morgan fingerprint density at radius 3 is 2.79 bits per heavy atom. The van der Waals surface area contributed by atoms with Gasteiger partial charge in [0, 0.05) is 13.0 Å². The SMILES string of the molecule is CNCCCNC(=O)C(Cc1cccc(F)c1)n1nnnc1C.Cl. The highest BCUT2D eigenvalue weighted by atomic mass is 35.5. The summed E-state index contributed by atoms with van der Waals surface area (Å²) in [4.78, 5) is 12.5. The maximum Gasteiger partial charge on any atom is 0.245 e. The zero-order chi connectivity index (χ0) is 16.7. The van der Waals surface area contributed by atoms with Gasteiger partial charge in [0.25, 0.3) is 0 Å². The molecule has 0 aliphatic heterocycles. The van der Waals surface area contributed by atoms with Crippen LogP contribution in [0.4, 0.5) is 4.39 Å². The molecule has 0 saturated carbocycles. The van der Waals surface area contributed by atoms with Crippen LogP contribution >= 0.6 is 12.4 Å². The first-order chi connectivity index (χ1) is 11.1. The van der Waals surface area contributed by atoms with Crippen molar-refractivity contribution in [1.82, 2.24) is 30.8 Å². The number of tetrazole rings is 1. The van der Waals surface area contributed by atoms with Crippen LogP contribution in [0.5, 0.6) is 0 Å². The minimum atomic E-state index is -0.610. The van der Waals surface area contributed by atoms with Crippen molar-refractivity contribution in [3.05, 3.63) is 41.5 Å². The average molecular weight is 357 g/mol. The molecule has 0 bridgehead atoms. The lowest BCUT2D eigenvalue weighted by molar-refractivity contribution is -0.124. The molecule has 0 aliphatic carbocycles. The van der Waals surface area contributed by atoms with E-state index < -0.39 is 6.04 Å². The van der Waals surface area contributed by atoms with Gasteiger partial charge in [0.1, 0.15) is 17.7 Å². The van der Waals surface area contributed by atoms with Crippen LogP contribution in [-0.2, 0) is 11.2 Å². The molecule has 0 aliphatic rings. The smallest absolute Gasteiger partial charge is 0.245 e. The minimum absolute atomic E-state index is 0. The average Bonchev–Trinajstić information content (AvgIpc) is 2.95. The molecule has 1 atom stereocenters. The predicted molar refractivity (Wildman–Crippen MR) is 90.5 cm³/mol. The van der Waals surface area contributed by atoms with Crippen LogP contribution in [0.25, 0.3) is 0 Å². The molecule has 0 saturated heterocycles. The number of amides is 1. The highest BCUT2D eigenvalue weighted by Crippen LogP contribution is 2.16. The van der Waals surface area contributed by atoms with Crippen LogP contribution in [-0.4, -0.2) is 46.3 Å². The number of aromatic nitrogens is 4. The Balaban J connectivity index is 0.00000288. The number of hydrogen-bond acceptors (Lipinski definition) is 5. The summed E-state index contributed by atoms with van der Waals surface area (Å²) in [5.41, 5.74) is 0.718. The monoisotopic (exact) mass is 356 g/mol. The Bertz CT molecular complexity index is 650. The van der Waals surface area contributed by atoms with Gasteiger partial charge in [-0.05, 0) is 55.1 Å². The molecule has 1 heterocycles. The van der Waals surface area contributed by atoms with E-state index >= 15 is 0 Å². The number of aryl methyl sites for hydroxylation is 1. The molecule has 1 aromatic carbocycles. The van der Waals surface area contributed by atoms with Crippen molar-refractivity contribution in [3.63, 3.8) is 0 Å². The molecule has 9 heteroatoms. The van der Waals surface area contributed by atoms with E-state index in [0.29, 0.717) is 18.8 Å². The number of nitrogens with zero attached hydrogens (tertiary/aromatic N) is 4. The maximum absolute atomic E-state index is 13.4. The molecule has 7 nitrogen and oxygen atoms in total. The van der Waals surface area contributed by atoms with Crippen molar-refractivity contribution in [2.24, 2.45) is 0 Å². The summed E-state index contributed by atoms with van der Waals surface area (Å²) in [5.74, 6) is 0.0293. The summed E-state index contributed by atoms with van der Waals surface area (Å²) in [7, 11) is 1.86. The van der Waals surface area contributed by atoms with E-state index in [-0.39, 0.29) is 24.1 Å². The molecule has 132 valence electrons. The lowest BCUT2D eigenvalue weighted by atomic mass is 10.0. The Kier molecular flexibility index (Phi) is 8.28. The number of benzene rings is 1. The van der Waals surface area contributed by atoms with Crippen LogP contribution in [0.2, 0.25) is 0 Å². The highest BCUT2D eigenvalue weighted by Gasteiger charge is 2.24. The van der Waals surface area contributed by atoms with Gasteiger partial charge < -0.3 is 10.6 Å². The third kappa shape index (κ3) is 5.54. The van der Waals surface area contributed by atoms with Gasteiger partial charge in [-0.15, -0.1) is 17.5 Å². The largest absolute Gasteiger partial charge is 0.354 e. The first-order valence-corrected chi connectivity index (χ1v) is 7.53. The number of halogens is 2. The van der Waals surface area contributed by atoms with E-state index in [1.165, 1.54) is 16.8 Å². The fraction of sp³-hybridized carbons (Fsp3) is 0.467. The molecule has 1 aromatic heterocycles. The number of rotatable bonds is 8. The molecule has 0 spiro atoms. The second kappa shape index (κ2) is 9.94. The lowest BCUT2D eigenvalue weighted by Gasteiger charge is -2.17. The summed E-state index contributed by atoms with van der Waals surface area (Å²) < 4.78 is 14.8. The second-order valence-electron chi connectivity index (χ2n) is 5.27. The summed E-state index contributed by atoms with van der Waals surface area (Å²) in [5, 5.41) is 17.2. The quantitative estimate of drug-likeness (QED) is 0.691. The van der Waals surface area contributed by atoms with Gasteiger partial charge in [-0.3, -0.25) is 4.79 Å². The van der Waals surface area contributed by atoms with E-state index in [9.17, 15) is 9.18 Å². The molecule has 2 N–H and O–H groups in total. The first-order valence-electron chi connectivity index (χ1n) is 7.53. The lowest BCUT2D eigenvalue weighted by Crippen LogP contribution is -2.36. The third-order valence-corrected chi connectivity index (χ3v) is 3.48. The Labute approximate surface area is 146 Å². The Morgan fingerprint density at radius 2 is 2.17 bits per heavy atom. The number of hydrogen-bond donors (Lipinski definition) is 2. The zero-order valence-electron chi connectivity index (χ0n) is 13.7. The number of nitrogens with one attached hydrogen (secondary N) is 2. The van der Waals surface area contributed by atoms with Gasteiger partial charge in [0.05, 0.1) is 0 Å². The van der Waals surface area contributed by atoms with Crippen molar-refractivity contribution >= 4 is 18.3 Å². The van der Waals surface area contributed by atoms with Crippen molar-refractivity contribution in [3.8, 4) is 0 Å². The first kappa shape index (κ1) is 20.0. The summed E-state index contributed by atoms with van der Waals surface area (Å²) in [6.45, 7) is 3.10. The van der Waals surface area contributed by atoms with E-state index in [4.69, 9.17) is 0 Å². The fourth-order valence-electron chi connectivity index (χ4n) is 2.30. The Hall–Kier alpha value is -2.06. The molecule has 1 amide bonds. The van der Waals surface area contributed by atoms with Gasteiger partial charge in [-0.25, -0.2) is 9.07 Å². The highest BCUT2D eigenvalue weighted by molar-refractivity contribution is 5.85. The van der Waals surface area contributed by atoms with Crippen LogP contribution in [0.15, 0.2) is 24.3 Å². The fourth-order valence-corrected chi connectivity index (χ4v) is 2.30. The number of carbonyl (C=O) groups excluding carboxylic acids is 1. The Morgan fingerprint density at radius 1 is 1.38 bits per heavy atom. The molecule has 2 aromatic rings. The van der Waals surface area contributed by atoms with Crippen molar-refractivity contribution in [2.45, 2.75) is 25.8 Å². The van der Waals surface area contributed by atoms with Gasteiger partial charge in [0.2, 0.25) is 5.91 Å². The van der Waals surface area contributed by atoms with Crippen LogP contribution in [0.3, 0.4) is 0 Å². The van der Waals surface area contributed by atoms with Gasteiger partial charge >= 0.3 is 0 Å². The second-order valence-corrected chi connectivity index (χ2v) is 5.27. The summed E-state index contributed by atoms with van der Waals surface area (Å²) >= 11 is 0. The molecular weight excluding hydrogens is 335 g/mol.